The van der Waals surface area contributed by atoms with E-state index < -0.39 is 5.60 Å². The summed E-state index contributed by atoms with van der Waals surface area (Å²) in [5.74, 6) is 0.0587. The van der Waals surface area contributed by atoms with Crippen LogP contribution in [-0.4, -0.2) is 81.5 Å². The number of amides is 3. The Morgan fingerprint density at radius 1 is 1.15 bits per heavy atom. The van der Waals surface area contributed by atoms with Crippen molar-refractivity contribution in [3.63, 3.8) is 0 Å². The summed E-state index contributed by atoms with van der Waals surface area (Å²) < 4.78 is 17.2. The number of carbonyl (C=O) groups is 3. The van der Waals surface area contributed by atoms with Crippen molar-refractivity contribution in [1.29, 1.82) is 0 Å². The highest BCUT2D eigenvalue weighted by molar-refractivity contribution is 6.04. The van der Waals surface area contributed by atoms with E-state index in [1.165, 1.54) is 0 Å². The maximum atomic E-state index is 14.1. The Labute approximate surface area is 244 Å². The molecule has 0 aromatic heterocycles. The lowest BCUT2D eigenvalue weighted by atomic mass is 9.88. The molecule has 0 radical (unpaired) electrons. The molecule has 1 aliphatic carbocycles. The molecular formula is C31H48N4O6. The molecule has 2 fully saturated rings. The van der Waals surface area contributed by atoms with E-state index in [0.717, 1.165) is 18.5 Å². The number of ether oxygens (including phenoxy) is 3. The van der Waals surface area contributed by atoms with Crippen molar-refractivity contribution in [1.82, 2.24) is 10.6 Å². The molecule has 3 atom stereocenters. The van der Waals surface area contributed by atoms with Crippen molar-refractivity contribution in [2.75, 3.05) is 55.9 Å². The van der Waals surface area contributed by atoms with Gasteiger partial charge in [0.2, 0.25) is 11.8 Å². The van der Waals surface area contributed by atoms with Gasteiger partial charge in [-0.1, -0.05) is 13.8 Å². The largest absolute Gasteiger partial charge is 0.476 e. The molecule has 10 nitrogen and oxygen atoms in total. The van der Waals surface area contributed by atoms with Gasteiger partial charge >= 0.3 is 0 Å². The monoisotopic (exact) mass is 572 g/mol. The second kappa shape index (κ2) is 13.5. The van der Waals surface area contributed by atoms with Crippen molar-refractivity contribution in [3.05, 3.63) is 18.2 Å². The summed E-state index contributed by atoms with van der Waals surface area (Å²) >= 11 is 0. The Bertz CT molecular complexity index is 1090. The molecule has 0 spiro atoms. The first-order valence-electron chi connectivity index (χ1n) is 15.2. The molecule has 0 bridgehead atoms. The fourth-order valence-corrected chi connectivity index (χ4v) is 5.55. The van der Waals surface area contributed by atoms with E-state index in [4.69, 9.17) is 14.2 Å². The van der Waals surface area contributed by atoms with Crippen LogP contribution < -0.4 is 25.2 Å². The molecule has 228 valence electrons. The van der Waals surface area contributed by atoms with Gasteiger partial charge in [-0.05, 0) is 71.1 Å². The van der Waals surface area contributed by atoms with Crippen molar-refractivity contribution in [2.45, 2.75) is 78.5 Å². The lowest BCUT2D eigenvalue weighted by Gasteiger charge is -2.39. The molecule has 2 aliphatic heterocycles. The molecule has 1 aromatic rings. The van der Waals surface area contributed by atoms with E-state index in [0.29, 0.717) is 63.9 Å². The van der Waals surface area contributed by atoms with Gasteiger partial charge in [0, 0.05) is 44.6 Å². The average Bonchev–Trinajstić information content (AvgIpc) is 3.78. The quantitative estimate of drug-likeness (QED) is 0.350. The fraction of sp³-hybridized carbons (Fsp3) is 0.710. The summed E-state index contributed by atoms with van der Waals surface area (Å²) in [5.41, 5.74) is 0.405. The highest BCUT2D eigenvalue weighted by Crippen LogP contribution is 2.42. The number of fused-ring (bicyclic) bond motifs is 1. The van der Waals surface area contributed by atoms with Gasteiger partial charge in [0.1, 0.15) is 5.75 Å². The van der Waals surface area contributed by atoms with Gasteiger partial charge in [0.25, 0.3) is 5.91 Å². The van der Waals surface area contributed by atoms with Crippen LogP contribution in [-0.2, 0) is 23.9 Å². The average molecular weight is 573 g/mol. The number of piperidine rings is 1. The number of rotatable bonds is 13. The third-order valence-corrected chi connectivity index (χ3v) is 8.15. The fourth-order valence-electron chi connectivity index (χ4n) is 5.55. The molecule has 4 rings (SSSR count). The first-order valence-corrected chi connectivity index (χ1v) is 15.2. The molecule has 1 saturated heterocycles. The summed E-state index contributed by atoms with van der Waals surface area (Å²) in [5, 5.41) is 6.49. The van der Waals surface area contributed by atoms with Crippen molar-refractivity contribution < 1.29 is 28.6 Å². The van der Waals surface area contributed by atoms with E-state index in [2.05, 4.69) is 24.5 Å². The zero-order valence-corrected chi connectivity index (χ0v) is 25.5. The molecule has 41 heavy (non-hydrogen) atoms. The standard InChI is InChI=1S/C31H48N4O6/c1-7-39-14-13-34-26-16-24(11-12-27(26)41-31(5,6)30(34)38)35(23-9-10-23)29(37)22-15-21(17-32-18-22)28(36)33-25(20(3)4)19-40-8-2/h11-12,16,20-23,25,32H,7-10,13-15,17-19H2,1-6H3,(H,33,36)/t21-,22+,25-/m0/s1. The second-order valence-electron chi connectivity index (χ2n) is 12.2. The van der Waals surface area contributed by atoms with E-state index in [1.54, 1.807) is 18.7 Å². The van der Waals surface area contributed by atoms with Gasteiger partial charge in [-0.15, -0.1) is 0 Å². The van der Waals surface area contributed by atoms with Crippen LogP contribution in [0.2, 0.25) is 0 Å². The van der Waals surface area contributed by atoms with E-state index in [-0.39, 0.29) is 47.6 Å². The first-order chi connectivity index (χ1) is 19.6. The van der Waals surface area contributed by atoms with Crippen LogP contribution in [0.4, 0.5) is 11.4 Å². The summed E-state index contributed by atoms with van der Waals surface area (Å²) in [4.78, 5) is 44.2. The highest BCUT2D eigenvalue weighted by Gasteiger charge is 2.43. The first kappa shape index (κ1) is 31.3. The third kappa shape index (κ3) is 7.40. The van der Waals surface area contributed by atoms with Gasteiger partial charge in [0.05, 0.1) is 36.8 Å². The SMILES string of the molecule is CCOCCN1C(=O)C(C)(C)Oc2ccc(N(C(=O)[C@H]3CNC[C@@H](C(=O)N[C@@H](COCC)C(C)C)C3)C3CC3)cc21. The van der Waals surface area contributed by atoms with Crippen LogP contribution in [0.1, 0.15) is 60.8 Å². The summed E-state index contributed by atoms with van der Waals surface area (Å²) in [6.45, 7) is 15.1. The minimum Gasteiger partial charge on any atom is -0.476 e. The Balaban J connectivity index is 1.52. The zero-order chi connectivity index (χ0) is 29.7. The molecule has 1 aromatic carbocycles. The smallest absolute Gasteiger partial charge is 0.270 e. The lowest BCUT2D eigenvalue weighted by molar-refractivity contribution is -0.133. The topological polar surface area (TPSA) is 109 Å². The van der Waals surface area contributed by atoms with Gasteiger partial charge in [0.15, 0.2) is 5.60 Å². The Kier molecular flexibility index (Phi) is 10.3. The van der Waals surface area contributed by atoms with Crippen LogP contribution in [0, 0.1) is 17.8 Å². The predicted molar refractivity (Wildman–Crippen MR) is 158 cm³/mol. The highest BCUT2D eigenvalue weighted by atomic mass is 16.5. The van der Waals surface area contributed by atoms with Gasteiger partial charge in [-0.3, -0.25) is 14.4 Å². The Morgan fingerprint density at radius 2 is 1.85 bits per heavy atom. The maximum absolute atomic E-state index is 14.1. The molecular weight excluding hydrogens is 524 g/mol. The van der Waals surface area contributed by atoms with Gasteiger partial charge in [-0.25, -0.2) is 0 Å². The number of benzene rings is 1. The van der Waals surface area contributed by atoms with Crippen molar-refractivity contribution >= 4 is 29.1 Å². The number of nitrogens with one attached hydrogen (secondary N) is 2. The Morgan fingerprint density at radius 3 is 2.51 bits per heavy atom. The van der Waals surface area contributed by atoms with E-state index in [9.17, 15) is 14.4 Å². The normalized spacial score (nSPS) is 22.6. The maximum Gasteiger partial charge on any atom is 0.270 e. The number of nitrogens with zero attached hydrogens (tertiary/aromatic N) is 2. The number of carbonyl (C=O) groups excluding carboxylic acids is 3. The van der Waals surface area contributed by atoms with Crippen LogP contribution in [0.15, 0.2) is 18.2 Å². The number of hydrogen-bond acceptors (Lipinski definition) is 7. The zero-order valence-electron chi connectivity index (χ0n) is 25.5. The summed E-state index contributed by atoms with van der Waals surface area (Å²) in [6.07, 6.45) is 2.34. The van der Waals surface area contributed by atoms with Crippen LogP contribution in [0.25, 0.3) is 0 Å². The van der Waals surface area contributed by atoms with Gasteiger partial charge < -0.3 is 34.6 Å². The molecule has 1 saturated carbocycles. The third-order valence-electron chi connectivity index (χ3n) is 8.15. The molecule has 10 heteroatoms. The number of anilines is 2. The van der Waals surface area contributed by atoms with Crippen LogP contribution in [0.3, 0.4) is 0 Å². The van der Waals surface area contributed by atoms with Crippen molar-refractivity contribution in [2.24, 2.45) is 17.8 Å². The molecule has 2 N–H and O–H groups in total. The molecule has 2 heterocycles. The van der Waals surface area contributed by atoms with E-state index in [1.807, 2.05) is 36.9 Å². The summed E-state index contributed by atoms with van der Waals surface area (Å²) in [6, 6.07) is 5.70. The minimum atomic E-state index is -0.993. The minimum absolute atomic E-state index is 0.0106. The molecule has 0 unspecified atom stereocenters. The Hall–Kier alpha value is -2.69. The molecule has 3 aliphatic rings. The second-order valence-corrected chi connectivity index (χ2v) is 12.2. The van der Waals surface area contributed by atoms with Crippen LogP contribution >= 0.6 is 0 Å². The van der Waals surface area contributed by atoms with Crippen LogP contribution in [0.5, 0.6) is 5.75 Å². The van der Waals surface area contributed by atoms with E-state index >= 15 is 0 Å². The lowest BCUT2D eigenvalue weighted by Crippen LogP contribution is -2.53. The summed E-state index contributed by atoms with van der Waals surface area (Å²) in [7, 11) is 0. The van der Waals surface area contributed by atoms with Gasteiger partial charge in [-0.2, -0.15) is 0 Å². The predicted octanol–water partition coefficient (Wildman–Crippen LogP) is 3.13. The molecule has 3 amide bonds. The number of hydrogen-bond donors (Lipinski definition) is 2. The van der Waals surface area contributed by atoms with Crippen molar-refractivity contribution in [3.8, 4) is 5.75 Å².